The second-order valence-corrected chi connectivity index (χ2v) is 5.83. The van der Waals surface area contributed by atoms with Crippen LogP contribution in [0.1, 0.15) is 26.3 Å². The van der Waals surface area contributed by atoms with Crippen LogP contribution in [0, 0.1) is 0 Å². The SMILES string of the molecule is COCCN(CCO)c1ccc(CNC(C)(C)C)cn1. The molecule has 2 N–H and O–H groups in total. The van der Waals surface area contributed by atoms with Gasteiger partial charge in [-0.2, -0.15) is 0 Å². The lowest BCUT2D eigenvalue weighted by molar-refractivity contribution is 0.202. The molecule has 5 heteroatoms. The lowest BCUT2D eigenvalue weighted by Gasteiger charge is -2.23. The Bertz CT molecular complexity index is 374. The van der Waals surface area contributed by atoms with Crippen LogP contribution in [0.3, 0.4) is 0 Å². The molecule has 0 amide bonds. The Morgan fingerprint density at radius 1 is 1.30 bits per heavy atom. The summed E-state index contributed by atoms with van der Waals surface area (Å²) < 4.78 is 5.08. The average Bonchev–Trinajstić information content (AvgIpc) is 2.41. The van der Waals surface area contributed by atoms with Crippen molar-refractivity contribution < 1.29 is 9.84 Å². The summed E-state index contributed by atoms with van der Waals surface area (Å²) in [7, 11) is 1.67. The summed E-state index contributed by atoms with van der Waals surface area (Å²) in [4.78, 5) is 6.49. The maximum atomic E-state index is 9.11. The second kappa shape index (κ2) is 8.19. The van der Waals surface area contributed by atoms with Gasteiger partial charge in [-0.15, -0.1) is 0 Å². The first-order chi connectivity index (χ1) is 9.46. The number of nitrogens with one attached hydrogen (secondary N) is 1. The number of methoxy groups -OCH3 is 1. The maximum absolute atomic E-state index is 9.11. The van der Waals surface area contributed by atoms with E-state index in [9.17, 15) is 0 Å². The molecule has 1 aromatic heterocycles. The normalized spacial score (nSPS) is 11.7. The van der Waals surface area contributed by atoms with E-state index >= 15 is 0 Å². The number of anilines is 1. The topological polar surface area (TPSA) is 57.6 Å². The third-order valence-corrected chi connectivity index (χ3v) is 2.89. The molecule has 1 rings (SSSR count). The van der Waals surface area contributed by atoms with E-state index in [1.165, 1.54) is 0 Å². The van der Waals surface area contributed by atoms with Crippen molar-refractivity contribution >= 4 is 5.82 Å². The van der Waals surface area contributed by atoms with Crippen LogP contribution in [0.5, 0.6) is 0 Å². The molecule has 0 aromatic carbocycles. The van der Waals surface area contributed by atoms with Crippen LogP contribution >= 0.6 is 0 Å². The molecule has 5 nitrogen and oxygen atoms in total. The summed E-state index contributed by atoms with van der Waals surface area (Å²) in [6, 6.07) is 4.06. The third-order valence-electron chi connectivity index (χ3n) is 2.89. The van der Waals surface area contributed by atoms with Crippen molar-refractivity contribution in [3.05, 3.63) is 23.9 Å². The predicted molar refractivity (Wildman–Crippen MR) is 82.0 cm³/mol. The van der Waals surface area contributed by atoms with Gasteiger partial charge >= 0.3 is 0 Å². The van der Waals surface area contributed by atoms with Gasteiger partial charge in [0.05, 0.1) is 13.2 Å². The Labute approximate surface area is 122 Å². The molecule has 0 saturated heterocycles. The highest BCUT2D eigenvalue weighted by molar-refractivity contribution is 5.39. The van der Waals surface area contributed by atoms with E-state index in [1.807, 2.05) is 17.2 Å². The summed E-state index contributed by atoms with van der Waals surface area (Å²) in [6.45, 7) is 9.25. The molecule has 0 radical (unpaired) electrons. The van der Waals surface area contributed by atoms with E-state index in [1.54, 1.807) is 7.11 Å². The van der Waals surface area contributed by atoms with Crippen LogP contribution < -0.4 is 10.2 Å². The minimum Gasteiger partial charge on any atom is -0.395 e. The highest BCUT2D eigenvalue weighted by Gasteiger charge is 2.10. The third kappa shape index (κ3) is 6.32. The first kappa shape index (κ1) is 16.9. The fraction of sp³-hybridized carbons (Fsp3) is 0.667. The molecule has 1 aromatic rings. The number of aliphatic hydroxyl groups is 1. The molecule has 20 heavy (non-hydrogen) atoms. The summed E-state index contributed by atoms with van der Waals surface area (Å²) in [5.41, 5.74) is 1.25. The van der Waals surface area contributed by atoms with Crippen LogP contribution in [0.15, 0.2) is 18.3 Å². The van der Waals surface area contributed by atoms with Crippen LogP contribution in [-0.4, -0.2) is 49.0 Å². The summed E-state index contributed by atoms with van der Waals surface area (Å²) in [5, 5.41) is 12.5. The zero-order chi connectivity index (χ0) is 15.0. The molecule has 1 heterocycles. The Kier molecular flexibility index (Phi) is 6.91. The monoisotopic (exact) mass is 281 g/mol. The molecular formula is C15H27N3O2. The number of aliphatic hydroxyl groups excluding tert-OH is 1. The Morgan fingerprint density at radius 3 is 2.55 bits per heavy atom. The number of rotatable bonds is 8. The van der Waals surface area contributed by atoms with Gasteiger partial charge in [0.15, 0.2) is 0 Å². The highest BCUT2D eigenvalue weighted by Crippen LogP contribution is 2.12. The molecule has 0 saturated carbocycles. The predicted octanol–water partition coefficient (Wildman–Crippen LogP) is 1.41. The van der Waals surface area contributed by atoms with E-state index in [4.69, 9.17) is 9.84 Å². The molecule has 0 unspecified atom stereocenters. The van der Waals surface area contributed by atoms with E-state index < -0.39 is 0 Å². The molecule has 0 aliphatic carbocycles. The minimum absolute atomic E-state index is 0.0973. The molecule has 0 spiro atoms. The zero-order valence-corrected chi connectivity index (χ0v) is 13.0. The molecule has 0 fully saturated rings. The number of aromatic nitrogens is 1. The van der Waals surface area contributed by atoms with Gasteiger partial charge in [-0.3, -0.25) is 0 Å². The summed E-state index contributed by atoms with van der Waals surface area (Å²) in [5.74, 6) is 0.871. The Hall–Kier alpha value is -1.17. The second-order valence-electron chi connectivity index (χ2n) is 5.83. The molecular weight excluding hydrogens is 254 g/mol. The molecule has 0 aliphatic heterocycles. The van der Waals surface area contributed by atoms with Gasteiger partial charge in [-0.1, -0.05) is 6.07 Å². The van der Waals surface area contributed by atoms with E-state index in [2.05, 4.69) is 37.1 Å². The van der Waals surface area contributed by atoms with Crippen LogP contribution in [0.25, 0.3) is 0 Å². The quantitative estimate of drug-likeness (QED) is 0.754. The van der Waals surface area contributed by atoms with Gasteiger partial charge in [0, 0.05) is 38.5 Å². The van der Waals surface area contributed by atoms with Gasteiger partial charge in [0.25, 0.3) is 0 Å². The number of ether oxygens (including phenoxy) is 1. The number of nitrogens with zero attached hydrogens (tertiary/aromatic N) is 2. The van der Waals surface area contributed by atoms with E-state index in [0.717, 1.165) is 24.5 Å². The minimum atomic E-state index is 0.0973. The fourth-order valence-corrected chi connectivity index (χ4v) is 1.74. The van der Waals surface area contributed by atoms with Gasteiger partial charge in [0.2, 0.25) is 0 Å². The van der Waals surface area contributed by atoms with Gasteiger partial charge in [0.1, 0.15) is 5.82 Å². The molecule has 114 valence electrons. The number of hydrogen-bond acceptors (Lipinski definition) is 5. The lowest BCUT2D eigenvalue weighted by atomic mass is 10.1. The number of pyridine rings is 1. The lowest BCUT2D eigenvalue weighted by Crippen LogP contribution is -2.35. The highest BCUT2D eigenvalue weighted by atomic mass is 16.5. The summed E-state index contributed by atoms with van der Waals surface area (Å²) in [6.07, 6.45) is 1.88. The van der Waals surface area contributed by atoms with Crippen molar-refractivity contribution in [1.29, 1.82) is 0 Å². The average molecular weight is 281 g/mol. The number of hydrogen-bond donors (Lipinski definition) is 2. The molecule has 0 bridgehead atoms. The summed E-state index contributed by atoms with van der Waals surface area (Å²) >= 11 is 0. The maximum Gasteiger partial charge on any atom is 0.128 e. The van der Waals surface area contributed by atoms with Crippen molar-refractivity contribution in [3.63, 3.8) is 0 Å². The first-order valence-corrected chi connectivity index (χ1v) is 7.01. The van der Waals surface area contributed by atoms with Crippen molar-refractivity contribution in [2.75, 3.05) is 38.3 Å². The van der Waals surface area contributed by atoms with Crippen molar-refractivity contribution in [2.45, 2.75) is 32.9 Å². The Balaban J connectivity index is 2.62. The van der Waals surface area contributed by atoms with Gasteiger partial charge in [-0.25, -0.2) is 4.98 Å². The molecule has 0 aliphatic rings. The zero-order valence-electron chi connectivity index (χ0n) is 13.0. The molecule has 0 atom stereocenters. The van der Waals surface area contributed by atoms with Crippen LogP contribution in [-0.2, 0) is 11.3 Å². The first-order valence-electron chi connectivity index (χ1n) is 7.01. The van der Waals surface area contributed by atoms with E-state index in [-0.39, 0.29) is 12.1 Å². The largest absolute Gasteiger partial charge is 0.395 e. The van der Waals surface area contributed by atoms with Gasteiger partial charge in [-0.05, 0) is 32.4 Å². The Morgan fingerprint density at radius 2 is 2.05 bits per heavy atom. The van der Waals surface area contributed by atoms with Crippen LogP contribution in [0.2, 0.25) is 0 Å². The van der Waals surface area contributed by atoms with Crippen LogP contribution in [0.4, 0.5) is 5.82 Å². The smallest absolute Gasteiger partial charge is 0.128 e. The standard InChI is InChI=1S/C15H27N3O2/c1-15(2,3)17-12-13-5-6-14(16-11-13)18(7-9-19)8-10-20-4/h5-6,11,17,19H,7-10,12H2,1-4H3. The van der Waals surface area contributed by atoms with Crippen molar-refractivity contribution in [2.24, 2.45) is 0 Å². The van der Waals surface area contributed by atoms with Crippen molar-refractivity contribution in [3.8, 4) is 0 Å². The van der Waals surface area contributed by atoms with Crippen molar-refractivity contribution in [1.82, 2.24) is 10.3 Å². The van der Waals surface area contributed by atoms with E-state index in [0.29, 0.717) is 13.2 Å². The van der Waals surface area contributed by atoms with Gasteiger partial charge < -0.3 is 20.1 Å². The fourth-order valence-electron chi connectivity index (χ4n) is 1.74.